The highest BCUT2D eigenvalue weighted by Crippen LogP contribution is 2.19. The molecule has 3 heterocycles. The van der Waals surface area contributed by atoms with Crippen molar-refractivity contribution in [2.75, 3.05) is 18.5 Å². The quantitative estimate of drug-likeness (QED) is 0.914. The van der Waals surface area contributed by atoms with E-state index in [1.54, 1.807) is 0 Å². The summed E-state index contributed by atoms with van der Waals surface area (Å²) in [4.78, 5) is 0. The molecular formula is C12H16BrN5O. The molecule has 0 aliphatic carbocycles. The zero-order valence-electron chi connectivity index (χ0n) is 10.7. The summed E-state index contributed by atoms with van der Waals surface area (Å²) in [7, 11) is 0. The molecule has 0 atom stereocenters. The first-order valence-corrected chi connectivity index (χ1v) is 7.14. The number of anilines is 1. The standard InChI is InChI=1S/C12H16BrN5O/c1-2-17-11(10(13)5-15-17)6-14-12-3-4-18(16-12)9-7-19-8-9/h3-5,9H,2,6-8H2,1H3,(H,14,16). The number of halogens is 1. The van der Waals surface area contributed by atoms with Gasteiger partial charge in [0.25, 0.3) is 0 Å². The summed E-state index contributed by atoms with van der Waals surface area (Å²) in [6.45, 7) is 5.15. The van der Waals surface area contributed by atoms with Crippen molar-refractivity contribution in [3.63, 3.8) is 0 Å². The SMILES string of the molecule is CCn1ncc(Br)c1CNc1ccn(C2COC2)n1. The lowest BCUT2D eigenvalue weighted by molar-refractivity contribution is -0.0285. The van der Waals surface area contributed by atoms with Gasteiger partial charge in [-0.3, -0.25) is 9.36 Å². The number of nitrogens with zero attached hydrogens (tertiary/aromatic N) is 4. The van der Waals surface area contributed by atoms with Crippen molar-refractivity contribution in [2.24, 2.45) is 0 Å². The Hall–Kier alpha value is -1.34. The first kappa shape index (κ1) is 12.7. The normalized spacial score (nSPS) is 15.5. The van der Waals surface area contributed by atoms with Crippen LogP contribution in [0.15, 0.2) is 22.9 Å². The van der Waals surface area contributed by atoms with Gasteiger partial charge in [-0.05, 0) is 22.9 Å². The number of ether oxygens (including phenoxy) is 1. The van der Waals surface area contributed by atoms with E-state index >= 15 is 0 Å². The van der Waals surface area contributed by atoms with Gasteiger partial charge in [-0.15, -0.1) is 0 Å². The topological polar surface area (TPSA) is 56.9 Å². The van der Waals surface area contributed by atoms with E-state index in [0.29, 0.717) is 12.6 Å². The molecule has 0 bridgehead atoms. The van der Waals surface area contributed by atoms with Crippen LogP contribution in [-0.4, -0.2) is 32.8 Å². The van der Waals surface area contributed by atoms with Crippen LogP contribution in [-0.2, 0) is 17.8 Å². The van der Waals surface area contributed by atoms with Crippen LogP contribution in [0.3, 0.4) is 0 Å². The predicted molar refractivity (Wildman–Crippen MR) is 75.0 cm³/mol. The van der Waals surface area contributed by atoms with Crippen molar-refractivity contribution >= 4 is 21.7 Å². The van der Waals surface area contributed by atoms with Crippen LogP contribution >= 0.6 is 15.9 Å². The van der Waals surface area contributed by atoms with Gasteiger partial charge >= 0.3 is 0 Å². The molecule has 0 radical (unpaired) electrons. The summed E-state index contributed by atoms with van der Waals surface area (Å²) in [6.07, 6.45) is 3.81. The third-order valence-electron chi connectivity index (χ3n) is 3.24. The second kappa shape index (κ2) is 5.34. The Morgan fingerprint density at radius 3 is 3.05 bits per heavy atom. The molecule has 2 aromatic heterocycles. The Kier molecular flexibility index (Phi) is 3.56. The first-order valence-electron chi connectivity index (χ1n) is 6.35. The Bertz CT molecular complexity index is 560. The molecule has 102 valence electrons. The molecule has 0 spiro atoms. The third-order valence-corrected chi connectivity index (χ3v) is 3.90. The van der Waals surface area contributed by atoms with Crippen LogP contribution in [0.4, 0.5) is 5.82 Å². The number of hydrogen-bond acceptors (Lipinski definition) is 4. The highest BCUT2D eigenvalue weighted by Gasteiger charge is 2.21. The summed E-state index contributed by atoms with van der Waals surface area (Å²) in [5.74, 6) is 0.877. The van der Waals surface area contributed by atoms with Crippen molar-refractivity contribution in [3.05, 3.63) is 28.6 Å². The van der Waals surface area contributed by atoms with E-state index < -0.39 is 0 Å². The van der Waals surface area contributed by atoms with Gasteiger partial charge in [0.1, 0.15) is 5.82 Å². The predicted octanol–water partition coefficient (Wildman–Crippen LogP) is 2.05. The molecule has 3 rings (SSSR count). The minimum atomic E-state index is 0.392. The Morgan fingerprint density at radius 2 is 2.37 bits per heavy atom. The molecule has 1 aliphatic heterocycles. The van der Waals surface area contributed by atoms with Crippen LogP contribution in [0.2, 0.25) is 0 Å². The van der Waals surface area contributed by atoms with E-state index in [-0.39, 0.29) is 0 Å². The molecule has 1 saturated heterocycles. The van der Waals surface area contributed by atoms with E-state index in [2.05, 4.69) is 38.4 Å². The average Bonchev–Trinajstić information content (AvgIpc) is 2.92. The van der Waals surface area contributed by atoms with Crippen LogP contribution in [0, 0.1) is 0 Å². The number of hydrogen-bond donors (Lipinski definition) is 1. The fraction of sp³-hybridized carbons (Fsp3) is 0.500. The number of rotatable bonds is 5. The smallest absolute Gasteiger partial charge is 0.148 e. The summed E-state index contributed by atoms with van der Waals surface area (Å²) < 4.78 is 10.1. The highest BCUT2D eigenvalue weighted by molar-refractivity contribution is 9.10. The van der Waals surface area contributed by atoms with E-state index in [1.807, 2.05) is 27.8 Å². The van der Waals surface area contributed by atoms with Crippen LogP contribution < -0.4 is 5.32 Å². The van der Waals surface area contributed by atoms with E-state index in [4.69, 9.17) is 4.74 Å². The van der Waals surface area contributed by atoms with Gasteiger partial charge in [0.05, 0.1) is 42.2 Å². The minimum Gasteiger partial charge on any atom is -0.377 e. The Labute approximate surface area is 119 Å². The molecule has 1 fully saturated rings. The summed E-state index contributed by atoms with van der Waals surface area (Å²) in [5.41, 5.74) is 1.13. The number of nitrogens with one attached hydrogen (secondary N) is 1. The molecule has 6 nitrogen and oxygen atoms in total. The van der Waals surface area contributed by atoms with Gasteiger partial charge in [0.2, 0.25) is 0 Å². The Morgan fingerprint density at radius 1 is 1.53 bits per heavy atom. The highest BCUT2D eigenvalue weighted by atomic mass is 79.9. The molecule has 7 heteroatoms. The fourth-order valence-corrected chi connectivity index (χ4v) is 2.46. The van der Waals surface area contributed by atoms with Gasteiger partial charge in [-0.2, -0.15) is 10.2 Å². The molecule has 1 aliphatic rings. The van der Waals surface area contributed by atoms with Crippen molar-refractivity contribution in [3.8, 4) is 0 Å². The lowest BCUT2D eigenvalue weighted by Gasteiger charge is -2.25. The molecule has 1 N–H and O–H groups in total. The third kappa shape index (κ3) is 2.52. The second-order valence-electron chi connectivity index (χ2n) is 4.48. The molecular weight excluding hydrogens is 310 g/mol. The maximum Gasteiger partial charge on any atom is 0.148 e. The summed E-state index contributed by atoms with van der Waals surface area (Å²) in [6, 6.07) is 2.38. The maximum absolute atomic E-state index is 5.16. The Balaban J connectivity index is 1.65. The van der Waals surface area contributed by atoms with Crippen molar-refractivity contribution in [1.29, 1.82) is 0 Å². The molecule has 0 aromatic carbocycles. The lowest BCUT2D eigenvalue weighted by atomic mass is 10.3. The monoisotopic (exact) mass is 325 g/mol. The van der Waals surface area contributed by atoms with Crippen LogP contribution in [0.1, 0.15) is 18.7 Å². The van der Waals surface area contributed by atoms with Gasteiger partial charge in [0.15, 0.2) is 0 Å². The van der Waals surface area contributed by atoms with Crippen molar-refractivity contribution in [1.82, 2.24) is 19.6 Å². The molecule has 19 heavy (non-hydrogen) atoms. The molecule has 0 saturated carbocycles. The maximum atomic E-state index is 5.16. The first-order chi connectivity index (χ1) is 9.28. The second-order valence-corrected chi connectivity index (χ2v) is 5.34. The van der Waals surface area contributed by atoms with Gasteiger partial charge in [-0.25, -0.2) is 0 Å². The van der Waals surface area contributed by atoms with E-state index in [9.17, 15) is 0 Å². The number of aryl methyl sites for hydroxylation is 1. The van der Waals surface area contributed by atoms with Crippen molar-refractivity contribution in [2.45, 2.75) is 26.1 Å². The molecule has 2 aromatic rings. The zero-order valence-corrected chi connectivity index (χ0v) is 12.3. The van der Waals surface area contributed by atoms with E-state index in [0.717, 1.165) is 35.7 Å². The van der Waals surface area contributed by atoms with Gasteiger partial charge < -0.3 is 10.1 Å². The number of aromatic nitrogens is 4. The van der Waals surface area contributed by atoms with Crippen LogP contribution in [0.5, 0.6) is 0 Å². The molecule has 0 amide bonds. The van der Waals surface area contributed by atoms with Crippen molar-refractivity contribution < 1.29 is 4.74 Å². The van der Waals surface area contributed by atoms with Gasteiger partial charge in [-0.1, -0.05) is 0 Å². The zero-order chi connectivity index (χ0) is 13.2. The summed E-state index contributed by atoms with van der Waals surface area (Å²) >= 11 is 3.51. The average molecular weight is 326 g/mol. The van der Waals surface area contributed by atoms with E-state index in [1.165, 1.54) is 0 Å². The summed E-state index contributed by atoms with van der Waals surface area (Å²) in [5, 5.41) is 12.1. The van der Waals surface area contributed by atoms with Crippen LogP contribution in [0.25, 0.3) is 0 Å². The lowest BCUT2D eigenvalue weighted by Crippen LogP contribution is -2.30. The van der Waals surface area contributed by atoms with Gasteiger partial charge in [0, 0.05) is 18.8 Å². The fourth-order valence-electron chi connectivity index (χ4n) is 2.02. The largest absolute Gasteiger partial charge is 0.377 e. The molecule has 0 unspecified atom stereocenters. The minimum absolute atomic E-state index is 0.392.